The van der Waals surface area contributed by atoms with Crippen LogP contribution in [0.25, 0.3) is 0 Å². The molecule has 1 fully saturated rings. The van der Waals surface area contributed by atoms with Crippen molar-refractivity contribution in [1.82, 2.24) is 4.98 Å². The molecule has 0 unspecified atom stereocenters. The van der Waals surface area contributed by atoms with E-state index < -0.39 is 0 Å². The average Bonchev–Trinajstić information content (AvgIpc) is 3.28. The van der Waals surface area contributed by atoms with E-state index in [0.717, 1.165) is 30.6 Å². The summed E-state index contributed by atoms with van der Waals surface area (Å²) in [4.78, 5) is 3.12. The lowest BCUT2D eigenvalue weighted by molar-refractivity contribution is 0.299. The molecule has 1 aliphatic carbocycles. The van der Waals surface area contributed by atoms with E-state index in [0.29, 0.717) is 0 Å². The van der Waals surface area contributed by atoms with Gasteiger partial charge < -0.3 is 9.72 Å². The lowest BCUT2D eigenvalue weighted by atomic mass is 9.77. The molecule has 2 aromatic rings. The van der Waals surface area contributed by atoms with Crippen molar-refractivity contribution in [2.24, 2.45) is 5.92 Å². The Labute approximate surface area is 178 Å². The van der Waals surface area contributed by atoms with Gasteiger partial charge in [-0.1, -0.05) is 57.6 Å². The second kappa shape index (κ2) is 12.8. The number of benzene rings is 1. The molecule has 0 bridgehead atoms. The third-order valence-electron chi connectivity index (χ3n) is 6.71. The molecule has 0 spiro atoms. The van der Waals surface area contributed by atoms with Crippen LogP contribution in [0.2, 0.25) is 0 Å². The third-order valence-corrected chi connectivity index (χ3v) is 6.71. The Balaban J connectivity index is 1.26. The van der Waals surface area contributed by atoms with Crippen molar-refractivity contribution in [1.29, 1.82) is 0 Å². The number of hydrogen-bond donors (Lipinski definition) is 1. The Morgan fingerprint density at radius 3 is 2.38 bits per heavy atom. The normalized spacial score (nSPS) is 19.3. The van der Waals surface area contributed by atoms with Crippen LogP contribution < -0.4 is 4.74 Å². The van der Waals surface area contributed by atoms with Crippen LogP contribution in [-0.4, -0.2) is 11.6 Å². The van der Waals surface area contributed by atoms with Gasteiger partial charge in [0.05, 0.1) is 6.61 Å². The highest BCUT2D eigenvalue weighted by Crippen LogP contribution is 2.38. The smallest absolute Gasteiger partial charge is 0.119 e. The maximum absolute atomic E-state index is 5.97. The fraction of sp³-hybridized carbons (Fsp3) is 0.630. The van der Waals surface area contributed by atoms with Crippen LogP contribution >= 0.6 is 0 Å². The highest BCUT2D eigenvalue weighted by Gasteiger charge is 2.21. The van der Waals surface area contributed by atoms with Gasteiger partial charge in [-0.05, 0) is 86.1 Å². The molecule has 1 aromatic heterocycles. The number of aryl methyl sites for hydroxylation is 1. The van der Waals surface area contributed by atoms with E-state index in [-0.39, 0.29) is 0 Å². The topological polar surface area (TPSA) is 25.0 Å². The quantitative estimate of drug-likeness (QED) is 0.341. The van der Waals surface area contributed by atoms with Crippen LogP contribution in [0.3, 0.4) is 0 Å². The molecule has 1 aliphatic rings. The van der Waals surface area contributed by atoms with Gasteiger partial charge in [0.1, 0.15) is 5.75 Å². The summed E-state index contributed by atoms with van der Waals surface area (Å²) >= 11 is 0. The molecule has 3 rings (SSSR count). The van der Waals surface area contributed by atoms with E-state index in [1.165, 1.54) is 88.2 Å². The third kappa shape index (κ3) is 7.91. The number of rotatable bonds is 13. The Kier molecular flexibility index (Phi) is 9.69. The van der Waals surface area contributed by atoms with E-state index >= 15 is 0 Å². The fourth-order valence-corrected chi connectivity index (χ4v) is 4.79. The molecule has 0 atom stereocenters. The monoisotopic (exact) mass is 395 g/mol. The number of H-pyrrole nitrogens is 1. The Hall–Kier alpha value is -1.70. The Bertz CT molecular complexity index is 638. The number of aromatic amines is 1. The van der Waals surface area contributed by atoms with Crippen molar-refractivity contribution in [2.45, 2.75) is 96.3 Å². The first-order valence-electron chi connectivity index (χ1n) is 12.2. The second-order valence-corrected chi connectivity index (χ2v) is 9.01. The van der Waals surface area contributed by atoms with Crippen molar-refractivity contribution in [3.63, 3.8) is 0 Å². The number of aromatic nitrogens is 1. The van der Waals surface area contributed by atoms with Gasteiger partial charge in [0.25, 0.3) is 0 Å². The standard InChI is InChI=1S/C27H41NO/c1-2-3-6-9-23-11-13-25(14-12-23)26-15-17-27(18-16-26)29-21-8-5-4-7-10-24-19-20-28-22-24/h15-20,22-23,25,28H,2-14,21H2,1H3. The van der Waals surface area contributed by atoms with E-state index in [2.05, 4.69) is 48.4 Å². The zero-order valence-electron chi connectivity index (χ0n) is 18.5. The highest BCUT2D eigenvalue weighted by atomic mass is 16.5. The summed E-state index contributed by atoms with van der Waals surface area (Å²) in [5.74, 6) is 2.80. The minimum atomic E-state index is 0.770. The summed E-state index contributed by atoms with van der Waals surface area (Å²) in [6.07, 6.45) is 21.5. The van der Waals surface area contributed by atoms with Gasteiger partial charge in [0.15, 0.2) is 0 Å². The van der Waals surface area contributed by atoms with Crippen LogP contribution in [0.15, 0.2) is 42.7 Å². The minimum Gasteiger partial charge on any atom is -0.494 e. The molecule has 1 heterocycles. The first-order chi connectivity index (χ1) is 14.3. The zero-order chi connectivity index (χ0) is 20.2. The van der Waals surface area contributed by atoms with Crippen LogP contribution in [0.1, 0.15) is 101 Å². The molecule has 2 heteroatoms. The van der Waals surface area contributed by atoms with Gasteiger partial charge in [0.2, 0.25) is 0 Å². The van der Waals surface area contributed by atoms with Gasteiger partial charge in [0, 0.05) is 12.4 Å². The lowest BCUT2D eigenvalue weighted by Crippen LogP contribution is -2.13. The molecular weight excluding hydrogens is 354 g/mol. The van der Waals surface area contributed by atoms with Gasteiger partial charge >= 0.3 is 0 Å². The first-order valence-corrected chi connectivity index (χ1v) is 12.2. The molecule has 160 valence electrons. The van der Waals surface area contributed by atoms with Crippen molar-refractivity contribution < 1.29 is 4.74 Å². The Morgan fingerprint density at radius 1 is 0.862 bits per heavy atom. The van der Waals surface area contributed by atoms with Crippen LogP contribution in [0.5, 0.6) is 5.75 Å². The second-order valence-electron chi connectivity index (χ2n) is 9.01. The summed E-state index contributed by atoms with van der Waals surface area (Å²) < 4.78 is 5.97. The highest BCUT2D eigenvalue weighted by molar-refractivity contribution is 5.29. The molecule has 0 aliphatic heterocycles. The van der Waals surface area contributed by atoms with Crippen molar-refractivity contribution in [3.05, 3.63) is 53.9 Å². The summed E-state index contributed by atoms with van der Waals surface area (Å²) in [5.41, 5.74) is 2.94. The average molecular weight is 396 g/mol. The fourth-order valence-electron chi connectivity index (χ4n) is 4.79. The molecule has 1 aromatic carbocycles. The predicted molar refractivity (Wildman–Crippen MR) is 124 cm³/mol. The van der Waals surface area contributed by atoms with Crippen LogP contribution in [0.4, 0.5) is 0 Å². The minimum absolute atomic E-state index is 0.770. The van der Waals surface area contributed by atoms with E-state index in [1.807, 2.05) is 6.20 Å². The van der Waals surface area contributed by atoms with Gasteiger partial charge in [-0.3, -0.25) is 0 Å². The molecule has 1 saturated carbocycles. The lowest BCUT2D eigenvalue weighted by Gasteiger charge is -2.29. The van der Waals surface area contributed by atoms with Crippen LogP contribution in [0, 0.1) is 5.92 Å². The number of ether oxygens (including phenoxy) is 1. The predicted octanol–water partition coefficient (Wildman–Crippen LogP) is 8.05. The van der Waals surface area contributed by atoms with E-state index in [4.69, 9.17) is 4.74 Å². The molecule has 29 heavy (non-hydrogen) atoms. The molecule has 1 N–H and O–H groups in total. The van der Waals surface area contributed by atoms with Crippen molar-refractivity contribution in [2.75, 3.05) is 6.61 Å². The van der Waals surface area contributed by atoms with Crippen molar-refractivity contribution in [3.8, 4) is 5.75 Å². The van der Waals surface area contributed by atoms with Gasteiger partial charge in [-0.25, -0.2) is 0 Å². The molecular formula is C27H41NO. The van der Waals surface area contributed by atoms with E-state index in [9.17, 15) is 0 Å². The molecule has 2 nitrogen and oxygen atoms in total. The molecule has 0 saturated heterocycles. The van der Waals surface area contributed by atoms with E-state index in [1.54, 1.807) is 0 Å². The van der Waals surface area contributed by atoms with Gasteiger partial charge in [-0.2, -0.15) is 0 Å². The molecule has 0 amide bonds. The summed E-state index contributed by atoms with van der Waals surface area (Å²) in [6.45, 7) is 3.14. The largest absolute Gasteiger partial charge is 0.494 e. The summed E-state index contributed by atoms with van der Waals surface area (Å²) in [5, 5.41) is 0. The number of unbranched alkanes of at least 4 members (excludes halogenated alkanes) is 5. The number of nitrogens with one attached hydrogen (secondary N) is 1. The molecule has 0 radical (unpaired) electrons. The number of hydrogen-bond acceptors (Lipinski definition) is 1. The Morgan fingerprint density at radius 2 is 1.66 bits per heavy atom. The zero-order valence-corrected chi connectivity index (χ0v) is 18.5. The maximum atomic E-state index is 5.97. The van der Waals surface area contributed by atoms with Crippen LogP contribution in [-0.2, 0) is 6.42 Å². The SMILES string of the molecule is CCCCCC1CCC(c2ccc(OCCCCCCc3cc[nH]c3)cc2)CC1. The van der Waals surface area contributed by atoms with Gasteiger partial charge in [-0.15, -0.1) is 0 Å². The van der Waals surface area contributed by atoms with Crippen molar-refractivity contribution >= 4 is 0 Å². The summed E-state index contributed by atoms with van der Waals surface area (Å²) in [7, 11) is 0. The summed E-state index contributed by atoms with van der Waals surface area (Å²) in [6, 6.07) is 11.2. The first kappa shape index (κ1) is 22.0. The maximum Gasteiger partial charge on any atom is 0.119 e.